The third-order valence-corrected chi connectivity index (χ3v) is 7.55. The Balaban J connectivity index is 1.84. The highest BCUT2D eigenvalue weighted by Gasteiger charge is 2.40. The average Bonchev–Trinajstić information content (AvgIpc) is 3.08. The van der Waals surface area contributed by atoms with Crippen molar-refractivity contribution in [1.29, 1.82) is 0 Å². The number of fused-ring (bicyclic) bond motifs is 5. The molecule has 1 amide bonds. The van der Waals surface area contributed by atoms with Gasteiger partial charge in [0.1, 0.15) is 16.9 Å². The number of nitrogens with zero attached hydrogens (tertiary/aromatic N) is 4. The molecule has 15 heteroatoms. The fourth-order valence-corrected chi connectivity index (χ4v) is 5.62. The van der Waals surface area contributed by atoms with E-state index in [2.05, 4.69) is 11.6 Å². The molecule has 206 valence electrons. The first-order valence-electron chi connectivity index (χ1n) is 11.5. The molecule has 0 aliphatic carbocycles. The summed E-state index contributed by atoms with van der Waals surface area (Å²) in [5.41, 5.74) is 0.970. The van der Waals surface area contributed by atoms with Gasteiger partial charge in [-0.25, -0.2) is 9.37 Å². The molecule has 1 aromatic carbocycles. The van der Waals surface area contributed by atoms with Crippen LogP contribution in [0.25, 0.3) is 16.6 Å². The molecule has 39 heavy (non-hydrogen) atoms. The van der Waals surface area contributed by atoms with Crippen LogP contribution in [-0.2, 0) is 11.0 Å². The Kier molecular flexibility index (Phi) is 6.84. The van der Waals surface area contributed by atoms with Gasteiger partial charge in [-0.2, -0.15) is 13.2 Å². The number of hydrogen-bond donors (Lipinski definition) is 1. The highest BCUT2D eigenvalue weighted by molar-refractivity contribution is 6.37. The molecule has 2 aliphatic heterocycles. The fraction of sp³-hybridized carbons (Fsp3) is 0.292. The lowest BCUT2D eigenvalue weighted by atomic mass is 10.1. The molecule has 0 spiro atoms. The molecule has 2 aliphatic rings. The SMILES string of the molecule is C=CC(=O)N1CCN2c3c(c(Cl)nc4c(=O)n(-c5c(N)c(Cl)cc(Cl)c5F)c(C(F)(F)F)cc34)OCCC2C1. The van der Waals surface area contributed by atoms with Crippen LogP contribution in [0.1, 0.15) is 12.1 Å². The van der Waals surface area contributed by atoms with E-state index in [1.54, 1.807) is 9.80 Å². The van der Waals surface area contributed by atoms with Crippen molar-refractivity contribution in [3.63, 3.8) is 0 Å². The summed E-state index contributed by atoms with van der Waals surface area (Å²) >= 11 is 18.2. The lowest BCUT2D eigenvalue weighted by Gasteiger charge is -2.41. The van der Waals surface area contributed by atoms with Crippen LogP contribution in [0.2, 0.25) is 15.2 Å². The van der Waals surface area contributed by atoms with Gasteiger partial charge in [-0.15, -0.1) is 0 Å². The smallest absolute Gasteiger partial charge is 0.431 e. The van der Waals surface area contributed by atoms with Crippen molar-refractivity contribution in [3.05, 3.63) is 61.9 Å². The summed E-state index contributed by atoms with van der Waals surface area (Å²) in [7, 11) is 0. The Bertz CT molecular complexity index is 1590. The second kappa shape index (κ2) is 9.76. The summed E-state index contributed by atoms with van der Waals surface area (Å²) in [6, 6.07) is 1.21. The van der Waals surface area contributed by atoms with Crippen LogP contribution < -0.4 is 20.9 Å². The number of benzene rings is 1. The third-order valence-electron chi connectivity index (χ3n) is 6.70. The minimum atomic E-state index is -5.16. The first-order valence-corrected chi connectivity index (χ1v) is 12.6. The summed E-state index contributed by atoms with van der Waals surface area (Å²) in [5, 5.41) is -1.48. The van der Waals surface area contributed by atoms with Crippen molar-refractivity contribution in [3.8, 4) is 11.4 Å². The summed E-state index contributed by atoms with van der Waals surface area (Å²) < 4.78 is 64.4. The highest BCUT2D eigenvalue weighted by atomic mass is 35.5. The number of ether oxygens (including phenoxy) is 1. The monoisotopic (exact) mass is 605 g/mol. The average molecular weight is 607 g/mol. The second-order valence-electron chi connectivity index (χ2n) is 8.90. The summed E-state index contributed by atoms with van der Waals surface area (Å²) in [6.07, 6.45) is -3.58. The van der Waals surface area contributed by atoms with Crippen LogP contribution in [0.5, 0.6) is 5.75 Å². The molecule has 1 unspecified atom stereocenters. The minimum Gasteiger partial charge on any atom is -0.488 e. The van der Waals surface area contributed by atoms with Crippen LogP contribution in [0.15, 0.2) is 29.6 Å². The first kappa shape index (κ1) is 27.4. The lowest BCUT2D eigenvalue weighted by molar-refractivity contribution is -0.142. The number of piperazine rings is 1. The van der Waals surface area contributed by atoms with Crippen molar-refractivity contribution in [2.75, 3.05) is 36.9 Å². The topological polar surface area (TPSA) is 93.7 Å². The molecule has 2 aromatic heterocycles. The Morgan fingerprint density at radius 3 is 2.56 bits per heavy atom. The fourth-order valence-electron chi connectivity index (χ4n) is 4.94. The van der Waals surface area contributed by atoms with Crippen LogP contribution in [0, 0.1) is 5.82 Å². The van der Waals surface area contributed by atoms with Gasteiger partial charge in [-0.05, 0) is 18.2 Å². The van der Waals surface area contributed by atoms with Gasteiger partial charge < -0.3 is 20.3 Å². The van der Waals surface area contributed by atoms with Gasteiger partial charge in [-0.3, -0.25) is 14.2 Å². The van der Waals surface area contributed by atoms with E-state index >= 15 is 4.39 Å². The number of nitrogen functional groups attached to an aromatic ring is 1. The van der Waals surface area contributed by atoms with Gasteiger partial charge in [0.05, 0.1) is 34.1 Å². The van der Waals surface area contributed by atoms with Crippen molar-refractivity contribution in [2.24, 2.45) is 0 Å². The van der Waals surface area contributed by atoms with Crippen LogP contribution in [-0.4, -0.2) is 52.6 Å². The van der Waals surface area contributed by atoms with E-state index < -0.39 is 45.2 Å². The number of carbonyl (C=O) groups is 1. The maximum absolute atomic E-state index is 15.1. The zero-order chi connectivity index (χ0) is 28.4. The molecule has 3 aromatic rings. The molecule has 1 atom stereocenters. The van der Waals surface area contributed by atoms with Crippen molar-refractivity contribution < 1.29 is 27.1 Å². The molecule has 5 rings (SSSR count). The van der Waals surface area contributed by atoms with Gasteiger partial charge in [0.25, 0.3) is 5.56 Å². The van der Waals surface area contributed by atoms with Crippen LogP contribution in [0.3, 0.4) is 0 Å². The van der Waals surface area contributed by atoms with Gasteiger partial charge in [0.15, 0.2) is 16.7 Å². The normalized spacial score (nSPS) is 17.4. The number of hydrogen-bond acceptors (Lipinski definition) is 6. The Hall–Kier alpha value is -3.22. The quantitative estimate of drug-likeness (QED) is 0.144. The Morgan fingerprint density at radius 1 is 1.18 bits per heavy atom. The molecule has 2 N–H and O–H groups in total. The summed E-state index contributed by atoms with van der Waals surface area (Å²) in [6.45, 7) is 4.29. The molecular formula is C24H18Cl3F4N5O3. The summed E-state index contributed by atoms with van der Waals surface area (Å²) in [4.78, 5) is 33.3. The number of rotatable bonds is 2. The van der Waals surface area contributed by atoms with Gasteiger partial charge in [-0.1, -0.05) is 41.4 Å². The third kappa shape index (κ3) is 4.44. The predicted molar refractivity (Wildman–Crippen MR) is 140 cm³/mol. The van der Waals surface area contributed by atoms with Crippen molar-refractivity contribution in [1.82, 2.24) is 14.5 Å². The molecule has 8 nitrogen and oxygen atoms in total. The van der Waals surface area contributed by atoms with Gasteiger partial charge in [0, 0.05) is 31.4 Å². The number of aromatic nitrogens is 2. The molecular weight excluding hydrogens is 589 g/mol. The molecule has 0 bridgehead atoms. The predicted octanol–water partition coefficient (Wildman–Crippen LogP) is 5.07. The molecule has 1 fully saturated rings. The number of alkyl halides is 3. The molecule has 0 saturated carbocycles. The standard InChI is InChI=1S/C24H18Cl3F4N5O3/c1-2-15(37)34-4-5-35-10(9-34)3-6-39-21-19(35)11-7-14(24(29,30)31)36(23(38)18(11)33-22(21)27)20-16(28)12(25)8-13(26)17(20)32/h2,7-8,10H,1,3-6,9,32H2. The molecule has 4 heterocycles. The Labute approximate surface area is 233 Å². The summed E-state index contributed by atoms with van der Waals surface area (Å²) in [5.74, 6) is -1.67. The van der Waals surface area contributed by atoms with E-state index in [0.29, 0.717) is 12.5 Å². The maximum atomic E-state index is 15.1. The maximum Gasteiger partial charge on any atom is 0.431 e. The van der Waals surface area contributed by atoms with Crippen LogP contribution in [0.4, 0.5) is 28.9 Å². The van der Waals surface area contributed by atoms with Crippen molar-refractivity contribution >= 4 is 63.0 Å². The minimum absolute atomic E-state index is 0.00284. The van der Waals surface area contributed by atoms with Crippen molar-refractivity contribution in [2.45, 2.75) is 18.6 Å². The van der Waals surface area contributed by atoms with E-state index in [1.807, 2.05) is 0 Å². The second-order valence-corrected chi connectivity index (χ2v) is 10.1. The van der Waals surface area contributed by atoms with E-state index in [4.69, 9.17) is 45.3 Å². The Morgan fingerprint density at radius 2 is 1.90 bits per heavy atom. The zero-order valence-corrected chi connectivity index (χ0v) is 22.1. The van der Waals surface area contributed by atoms with E-state index in [-0.39, 0.29) is 69.8 Å². The highest BCUT2D eigenvalue weighted by Crippen LogP contribution is 2.45. The molecule has 0 radical (unpaired) electrons. The van der Waals surface area contributed by atoms with Gasteiger partial charge >= 0.3 is 6.18 Å². The number of nitrogens with two attached hydrogens (primary N) is 1. The lowest BCUT2D eigenvalue weighted by Crippen LogP contribution is -2.54. The number of halogens is 7. The zero-order valence-electron chi connectivity index (χ0n) is 19.8. The number of carbonyl (C=O) groups excluding carboxylic acids is 1. The number of anilines is 2. The van der Waals surface area contributed by atoms with E-state index in [1.165, 1.54) is 6.08 Å². The van der Waals surface area contributed by atoms with Gasteiger partial charge in [0.2, 0.25) is 5.91 Å². The largest absolute Gasteiger partial charge is 0.488 e. The molecule has 1 saturated heterocycles. The first-order chi connectivity index (χ1) is 18.3. The number of amides is 1. The number of pyridine rings is 2. The van der Waals surface area contributed by atoms with Crippen LogP contribution >= 0.6 is 34.8 Å². The van der Waals surface area contributed by atoms with E-state index in [9.17, 15) is 22.8 Å². The van der Waals surface area contributed by atoms with E-state index in [0.717, 1.165) is 6.07 Å².